The first kappa shape index (κ1) is 17.7. The molecule has 1 atom stereocenters. The Morgan fingerprint density at radius 2 is 1.96 bits per heavy atom. The van der Waals surface area contributed by atoms with E-state index in [1.165, 1.54) is 0 Å². The van der Waals surface area contributed by atoms with Crippen molar-refractivity contribution < 1.29 is 19.0 Å². The Balaban J connectivity index is 1.31. The van der Waals surface area contributed by atoms with Crippen molar-refractivity contribution in [1.29, 1.82) is 0 Å². The lowest BCUT2D eigenvalue weighted by atomic mass is 9.82. The molecule has 0 saturated carbocycles. The minimum atomic E-state index is -0.149. The van der Waals surface area contributed by atoms with Crippen LogP contribution in [0.2, 0.25) is 0 Å². The maximum Gasteiger partial charge on any atom is 0.225 e. The molecule has 1 unspecified atom stereocenters. The number of hydrogen-bond donors (Lipinski definition) is 0. The van der Waals surface area contributed by atoms with Gasteiger partial charge in [0.15, 0.2) is 0 Å². The average Bonchev–Trinajstić information content (AvgIpc) is 2.70. The summed E-state index contributed by atoms with van der Waals surface area (Å²) in [6.45, 7) is 3.71. The van der Waals surface area contributed by atoms with Gasteiger partial charge < -0.3 is 19.1 Å². The largest absolute Gasteiger partial charge is 0.474 e. The van der Waals surface area contributed by atoms with Crippen molar-refractivity contribution in [3.05, 3.63) is 24.4 Å². The van der Waals surface area contributed by atoms with E-state index >= 15 is 0 Å². The lowest BCUT2D eigenvalue weighted by Gasteiger charge is -2.46. The van der Waals surface area contributed by atoms with Gasteiger partial charge in [-0.1, -0.05) is 6.07 Å². The second kappa shape index (κ2) is 7.92. The molecule has 26 heavy (non-hydrogen) atoms. The minimum absolute atomic E-state index is 0.136. The zero-order chi connectivity index (χ0) is 17.8. The van der Waals surface area contributed by atoms with Gasteiger partial charge >= 0.3 is 0 Å². The van der Waals surface area contributed by atoms with E-state index in [-0.39, 0.29) is 17.6 Å². The van der Waals surface area contributed by atoms with E-state index in [9.17, 15) is 4.79 Å². The van der Waals surface area contributed by atoms with Crippen molar-refractivity contribution >= 4 is 5.91 Å². The standard InChI is InChI=1S/C20H28N2O4/c23-19(16-4-12-24-13-5-16)22-10-7-20(8-11-22)15-17(6-14-25-20)26-18-3-1-2-9-21-18/h1-3,9,16-17H,4-8,10-15H2. The molecule has 0 radical (unpaired) electrons. The fourth-order valence-electron chi connectivity index (χ4n) is 4.36. The van der Waals surface area contributed by atoms with Gasteiger partial charge in [-0.05, 0) is 31.7 Å². The van der Waals surface area contributed by atoms with Crippen molar-refractivity contribution in [2.75, 3.05) is 32.9 Å². The molecule has 0 aromatic carbocycles. The van der Waals surface area contributed by atoms with Gasteiger partial charge in [0.25, 0.3) is 0 Å². The molecule has 0 N–H and O–H groups in total. The Kier molecular flexibility index (Phi) is 5.41. The molecule has 0 aliphatic carbocycles. The maximum absolute atomic E-state index is 12.7. The summed E-state index contributed by atoms with van der Waals surface area (Å²) < 4.78 is 17.6. The van der Waals surface area contributed by atoms with Crippen LogP contribution in [-0.4, -0.2) is 60.4 Å². The van der Waals surface area contributed by atoms with E-state index in [0.29, 0.717) is 31.6 Å². The zero-order valence-corrected chi connectivity index (χ0v) is 15.3. The van der Waals surface area contributed by atoms with Crippen molar-refractivity contribution in [3.63, 3.8) is 0 Å². The Morgan fingerprint density at radius 1 is 1.15 bits per heavy atom. The fourth-order valence-corrected chi connectivity index (χ4v) is 4.36. The number of hydrogen-bond acceptors (Lipinski definition) is 5. The summed E-state index contributed by atoms with van der Waals surface area (Å²) >= 11 is 0. The number of pyridine rings is 1. The Labute approximate surface area is 154 Å². The maximum atomic E-state index is 12.7. The third-order valence-corrected chi connectivity index (χ3v) is 5.93. The fraction of sp³-hybridized carbons (Fsp3) is 0.700. The molecular weight excluding hydrogens is 332 g/mol. The van der Waals surface area contributed by atoms with Gasteiger partial charge in [-0.2, -0.15) is 0 Å². The Hall–Kier alpha value is -1.66. The van der Waals surface area contributed by atoms with Crippen LogP contribution >= 0.6 is 0 Å². The molecule has 1 aromatic rings. The van der Waals surface area contributed by atoms with Crippen LogP contribution in [0.25, 0.3) is 0 Å². The molecule has 3 aliphatic heterocycles. The van der Waals surface area contributed by atoms with Crippen molar-refractivity contribution in [2.45, 2.75) is 50.2 Å². The van der Waals surface area contributed by atoms with Gasteiger partial charge in [0.2, 0.25) is 11.8 Å². The van der Waals surface area contributed by atoms with Gasteiger partial charge in [-0.25, -0.2) is 4.98 Å². The number of carbonyl (C=O) groups excluding carboxylic acids is 1. The summed E-state index contributed by atoms with van der Waals surface area (Å²) in [7, 11) is 0. The van der Waals surface area contributed by atoms with Crippen LogP contribution in [0.15, 0.2) is 24.4 Å². The van der Waals surface area contributed by atoms with E-state index in [2.05, 4.69) is 4.98 Å². The van der Waals surface area contributed by atoms with Gasteiger partial charge in [0.1, 0.15) is 6.10 Å². The zero-order valence-electron chi connectivity index (χ0n) is 15.3. The number of amides is 1. The molecule has 3 saturated heterocycles. The molecule has 6 heteroatoms. The van der Waals surface area contributed by atoms with Gasteiger partial charge in [-0.3, -0.25) is 4.79 Å². The molecule has 6 nitrogen and oxygen atoms in total. The average molecular weight is 360 g/mol. The van der Waals surface area contributed by atoms with Crippen LogP contribution in [0.3, 0.4) is 0 Å². The normalized spacial score (nSPS) is 26.6. The van der Waals surface area contributed by atoms with Crippen LogP contribution in [0.5, 0.6) is 5.88 Å². The predicted molar refractivity (Wildman–Crippen MR) is 95.9 cm³/mol. The first-order valence-electron chi connectivity index (χ1n) is 9.82. The lowest BCUT2D eigenvalue weighted by molar-refractivity contribution is -0.156. The highest BCUT2D eigenvalue weighted by Gasteiger charge is 2.42. The van der Waals surface area contributed by atoms with Gasteiger partial charge in [0.05, 0.1) is 12.2 Å². The second-order valence-electron chi connectivity index (χ2n) is 7.64. The molecule has 4 rings (SSSR count). The van der Waals surface area contributed by atoms with Crippen LogP contribution < -0.4 is 4.74 Å². The predicted octanol–water partition coefficient (Wildman–Crippen LogP) is 2.43. The quantitative estimate of drug-likeness (QED) is 0.828. The monoisotopic (exact) mass is 360 g/mol. The summed E-state index contributed by atoms with van der Waals surface area (Å²) in [5.41, 5.74) is -0.149. The molecule has 0 bridgehead atoms. The first-order valence-corrected chi connectivity index (χ1v) is 9.82. The molecule has 142 valence electrons. The highest BCUT2D eigenvalue weighted by Crippen LogP contribution is 2.37. The molecule has 1 amide bonds. The molecular formula is C20H28N2O4. The molecule has 1 aromatic heterocycles. The minimum Gasteiger partial charge on any atom is -0.474 e. The van der Waals surface area contributed by atoms with Crippen molar-refractivity contribution in [3.8, 4) is 5.88 Å². The third kappa shape index (κ3) is 4.01. The SMILES string of the molecule is O=C(C1CCOCC1)N1CCC2(CC1)CC(Oc1ccccn1)CCO2. The summed E-state index contributed by atoms with van der Waals surface area (Å²) in [6, 6.07) is 5.73. The van der Waals surface area contributed by atoms with E-state index in [4.69, 9.17) is 14.2 Å². The molecule has 3 fully saturated rings. The van der Waals surface area contributed by atoms with E-state index in [1.807, 2.05) is 23.1 Å². The van der Waals surface area contributed by atoms with Crippen LogP contribution in [0.1, 0.15) is 38.5 Å². The number of aromatic nitrogens is 1. The molecule has 4 heterocycles. The summed E-state index contributed by atoms with van der Waals surface area (Å²) in [5.74, 6) is 1.13. The third-order valence-electron chi connectivity index (χ3n) is 5.93. The number of nitrogens with zero attached hydrogens (tertiary/aromatic N) is 2. The second-order valence-corrected chi connectivity index (χ2v) is 7.64. The van der Waals surface area contributed by atoms with Crippen molar-refractivity contribution in [1.82, 2.24) is 9.88 Å². The Bertz CT molecular complexity index is 595. The summed E-state index contributed by atoms with van der Waals surface area (Å²) in [4.78, 5) is 19.0. The first-order chi connectivity index (χ1) is 12.7. The number of rotatable bonds is 3. The lowest BCUT2D eigenvalue weighted by Crippen LogP contribution is -2.53. The van der Waals surface area contributed by atoms with E-state index in [1.54, 1.807) is 6.20 Å². The van der Waals surface area contributed by atoms with E-state index < -0.39 is 0 Å². The Morgan fingerprint density at radius 3 is 2.69 bits per heavy atom. The topological polar surface area (TPSA) is 60.9 Å². The molecule has 3 aliphatic rings. The number of piperidine rings is 1. The summed E-state index contributed by atoms with van der Waals surface area (Å²) in [6.07, 6.45) is 7.16. The van der Waals surface area contributed by atoms with Crippen LogP contribution in [-0.2, 0) is 14.3 Å². The summed E-state index contributed by atoms with van der Waals surface area (Å²) in [5, 5.41) is 0. The highest BCUT2D eigenvalue weighted by molar-refractivity contribution is 5.79. The van der Waals surface area contributed by atoms with Crippen molar-refractivity contribution in [2.24, 2.45) is 5.92 Å². The van der Waals surface area contributed by atoms with Gasteiger partial charge in [0, 0.05) is 57.3 Å². The van der Waals surface area contributed by atoms with Crippen LogP contribution in [0, 0.1) is 5.92 Å². The smallest absolute Gasteiger partial charge is 0.225 e. The number of likely N-dealkylation sites (tertiary alicyclic amines) is 1. The van der Waals surface area contributed by atoms with E-state index in [0.717, 1.165) is 51.6 Å². The van der Waals surface area contributed by atoms with Crippen LogP contribution in [0.4, 0.5) is 0 Å². The molecule has 1 spiro atoms. The van der Waals surface area contributed by atoms with Gasteiger partial charge in [-0.15, -0.1) is 0 Å². The number of carbonyl (C=O) groups is 1. The number of ether oxygens (including phenoxy) is 3. The highest BCUT2D eigenvalue weighted by atomic mass is 16.5.